The van der Waals surface area contributed by atoms with Crippen LogP contribution >= 0.6 is 0 Å². The molecule has 0 saturated carbocycles. The van der Waals surface area contributed by atoms with Crippen molar-refractivity contribution in [3.63, 3.8) is 0 Å². The third kappa shape index (κ3) is 3.71. The van der Waals surface area contributed by atoms with E-state index >= 15 is 0 Å². The van der Waals surface area contributed by atoms with E-state index in [9.17, 15) is 9.90 Å². The van der Waals surface area contributed by atoms with Crippen LogP contribution in [0.3, 0.4) is 0 Å². The summed E-state index contributed by atoms with van der Waals surface area (Å²) in [6, 6.07) is 9.96. The summed E-state index contributed by atoms with van der Waals surface area (Å²) >= 11 is 0. The summed E-state index contributed by atoms with van der Waals surface area (Å²) < 4.78 is 0. The van der Waals surface area contributed by atoms with Crippen molar-refractivity contribution in [3.8, 4) is 0 Å². The molecule has 2 N–H and O–H groups in total. The third-order valence-electron chi connectivity index (χ3n) is 4.01. The number of carboxylic acid groups (broad SMARTS) is 1. The molecule has 0 bridgehead atoms. The Labute approximate surface area is 119 Å². The topological polar surface area (TPSA) is 64.0 Å². The van der Waals surface area contributed by atoms with Crippen molar-refractivity contribution in [1.29, 1.82) is 0 Å². The van der Waals surface area contributed by atoms with Crippen molar-refractivity contribution < 1.29 is 15.0 Å². The number of amides is 1. The molecular weight excluding hydrogens is 256 g/mol. The molecular formula is C15H22N2O3. The quantitative estimate of drug-likeness (QED) is 0.870. The number of hydrogen-bond donors (Lipinski definition) is 2. The van der Waals surface area contributed by atoms with Crippen LogP contribution in [0.1, 0.15) is 12.5 Å². The molecule has 1 aromatic rings. The van der Waals surface area contributed by atoms with E-state index in [1.807, 2.05) is 37.3 Å². The van der Waals surface area contributed by atoms with E-state index in [0.29, 0.717) is 32.6 Å². The third-order valence-corrected chi connectivity index (χ3v) is 4.01. The zero-order valence-electron chi connectivity index (χ0n) is 11.8. The Morgan fingerprint density at radius 2 is 1.80 bits per heavy atom. The number of carbonyl (C=O) groups is 1. The predicted octanol–water partition coefficient (Wildman–Crippen LogP) is 1.27. The first-order valence-corrected chi connectivity index (χ1v) is 7.02. The van der Waals surface area contributed by atoms with E-state index in [2.05, 4.69) is 4.90 Å². The van der Waals surface area contributed by atoms with E-state index < -0.39 is 12.2 Å². The zero-order valence-corrected chi connectivity index (χ0v) is 11.8. The molecule has 2 rings (SSSR count). The van der Waals surface area contributed by atoms with Gasteiger partial charge in [0.1, 0.15) is 0 Å². The maximum absolute atomic E-state index is 10.9. The Balaban J connectivity index is 1.85. The molecule has 1 aromatic carbocycles. The summed E-state index contributed by atoms with van der Waals surface area (Å²) in [6.07, 6.45) is -0.669. The molecule has 1 unspecified atom stereocenters. The highest BCUT2D eigenvalue weighted by Gasteiger charge is 2.27. The average Bonchev–Trinajstić information content (AvgIpc) is 2.47. The summed E-state index contributed by atoms with van der Waals surface area (Å²) in [4.78, 5) is 14.4. The van der Waals surface area contributed by atoms with Crippen LogP contribution in [0.5, 0.6) is 0 Å². The average molecular weight is 278 g/mol. The summed E-state index contributed by atoms with van der Waals surface area (Å²) in [7, 11) is 0. The van der Waals surface area contributed by atoms with Gasteiger partial charge in [-0.2, -0.15) is 0 Å². The summed E-state index contributed by atoms with van der Waals surface area (Å²) in [6.45, 7) is 4.39. The molecule has 1 heterocycles. The first kappa shape index (κ1) is 14.8. The van der Waals surface area contributed by atoms with Crippen molar-refractivity contribution in [2.24, 2.45) is 0 Å². The van der Waals surface area contributed by atoms with Gasteiger partial charge in [0.15, 0.2) is 0 Å². The number of nitrogens with zero attached hydrogens (tertiary/aromatic N) is 2. The summed E-state index contributed by atoms with van der Waals surface area (Å²) in [5, 5.41) is 19.3. The van der Waals surface area contributed by atoms with Crippen LogP contribution in [-0.4, -0.2) is 64.4 Å². The van der Waals surface area contributed by atoms with Gasteiger partial charge in [-0.25, -0.2) is 4.79 Å². The highest BCUT2D eigenvalue weighted by Crippen LogP contribution is 2.13. The van der Waals surface area contributed by atoms with E-state index in [1.54, 1.807) is 0 Å². The number of aliphatic hydroxyl groups excluding tert-OH is 1. The van der Waals surface area contributed by atoms with Gasteiger partial charge in [-0.3, -0.25) is 4.90 Å². The Kier molecular flexibility index (Phi) is 4.98. The van der Waals surface area contributed by atoms with E-state index in [0.717, 1.165) is 5.56 Å². The van der Waals surface area contributed by atoms with Gasteiger partial charge >= 0.3 is 6.09 Å². The molecule has 20 heavy (non-hydrogen) atoms. The smallest absolute Gasteiger partial charge is 0.407 e. The van der Waals surface area contributed by atoms with Crippen LogP contribution in [-0.2, 0) is 6.42 Å². The summed E-state index contributed by atoms with van der Waals surface area (Å²) in [5.74, 6) is 0. The van der Waals surface area contributed by atoms with Crippen molar-refractivity contribution in [1.82, 2.24) is 9.80 Å². The van der Waals surface area contributed by atoms with Crippen molar-refractivity contribution in [2.45, 2.75) is 25.5 Å². The fourth-order valence-electron chi connectivity index (χ4n) is 2.59. The van der Waals surface area contributed by atoms with Crippen LogP contribution in [0.2, 0.25) is 0 Å². The second-order valence-electron chi connectivity index (χ2n) is 5.30. The highest BCUT2D eigenvalue weighted by molar-refractivity contribution is 5.65. The van der Waals surface area contributed by atoms with Gasteiger partial charge < -0.3 is 15.1 Å². The zero-order chi connectivity index (χ0) is 14.5. The lowest BCUT2D eigenvalue weighted by Gasteiger charge is -2.38. The summed E-state index contributed by atoms with van der Waals surface area (Å²) in [5.41, 5.74) is 1.12. The van der Waals surface area contributed by atoms with Crippen LogP contribution in [0.25, 0.3) is 0 Å². The second-order valence-corrected chi connectivity index (χ2v) is 5.30. The molecule has 2 atom stereocenters. The molecule has 1 amide bonds. The Morgan fingerprint density at radius 1 is 1.20 bits per heavy atom. The number of rotatable bonds is 4. The molecule has 0 aliphatic carbocycles. The van der Waals surface area contributed by atoms with Crippen LogP contribution in [0.15, 0.2) is 30.3 Å². The molecule has 1 saturated heterocycles. The fraction of sp³-hybridized carbons (Fsp3) is 0.533. The van der Waals surface area contributed by atoms with Crippen LogP contribution in [0.4, 0.5) is 4.79 Å². The Morgan fingerprint density at radius 3 is 2.35 bits per heavy atom. The maximum Gasteiger partial charge on any atom is 0.407 e. The lowest BCUT2D eigenvalue weighted by Crippen LogP contribution is -2.54. The van der Waals surface area contributed by atoms with Gasteiger partial charge in [0.25, 0.3) is 0 Å². The maximum atomic E-state index is 10.9. The Hall–Kier alpha value is -1.59. The van der Waals surface area contributed by atoms with E-state index in [1.165, 1.54) is 4.90 Å². The molecule has 0 radical (unpaired) electrons. The van der Waals surface area contributed by atoms with Gasteiger partial charge in [-0.15, -0.1) is 0 Å². The molecule has 0 spiro atoms. The SMILES string of the molecule is C[C@H](C(O)Cc1ccccc1)N1CCN(C(=O)O)CC1. The van der Waals surface area contributed by atoms with Crippen LogP contribution < -0.4 is 0 Å². The van der Waals surface area contributed by atoms with Gasteiger partial charge in [0, 0.05) is 32.2 Å². The van der Waals surface area contributed by atoms with E-state index in [-0.39, 0.29) is 6.04 Å². The minimum atomic E-state index is -0.859. The van der Waals surface area contributed by atoms with Gasteiger partial charge in [0.2, 0.25) is 0 Å². The van der Waals surface area contributed by atoms with Crippen molar-refractivity contribution >= 4 is 6.09 Å². The number of hydrogen-bond acceptors (Lipinski definition) is 3. The van der Waals surface area contributed by atoms with Gasteiger partial charge in [0.05, 0.1) is 6.10 Å². The minimum Gasteiger partial charge on any atom is -0.465 e. The molecule has 1 aliphatic rings. The highest BCUT2D eigenvalue weighted by atomic mass is 16.4. The first-order chi connectivity index (χ1) is 9.58. The molecule has 1 fully saturated rings. The number of aliphatic hydroxyl groups is 1. The van der Waals surface area contributed by atoms with Gasteiger partial charge in [-0.1, -0.05) is 30.3 Å². The second kappa shape index (κ2) is 6.72. The van der Waals surface area contributed by atoms with Gasteiger partial charge in [-0.05, 0) is 18.9 Å². The lowest BCUT2D eigenvalue weighted by molar-refractivity contribution is 0.0289. The van der Waals surface area contributed by atoms with Crippen molar-refractivity contribution in [2.75, 3.05) is 26.2 Å². The van der Waals surface area contributed by atoms with Crippen LogP contribution in [0, 0.1) is 0 Å². The largest absolute Gasteiger partial charge is 0.465 e. The monoisotopic (exact) mass is 278 g/mol. The molecule has 0 aromatic heterocycles. The minimum absolute atomic E-state index is 0.0335. The van der Waals surface area contributed by atoms with Crippen molar-refractivity contribution in [3.05, 3.63) is 35.9 Å². The first-order valence-electron chi connectivity index (χ1n) is 7.02. The Bertz CT molecular complexity index is 430. The van der Waals surface area contributed by atoms with E-state index in [4.69, 9.17) is 5.11 Å². The number of piperazine rings is 1. The molecule has 1 aliphatic heterocycles. The predicted molar refractivity (Wildman–Crippen MR) is 76.8 cm³/mol. The normalized spacial score (nSPS) is 19.6. The fourth-order valence-corrected chi connectivity index (χ4v) is 2.59. The molecule has 110 valence electrons. The number of benzene rings is 1. The standard InChI is InChI=1S/C15H22N2O3/c1-12(14(18)11-13-5-3-2-4-6-13)16-7-9-17(10-8-16)15(19)20/h2-6,12,14,18H,7-11H2,1H3,(H,19,20)/t12-,14?/m1/s1. The lowest BCUT2D eigenvalue weighted by atomic mass is 10.0. The molecule has 5 nitrogen and oxygen atoms in total. The molecule has 5 heteroatoms.